The number of nitrogens with zero attached hydrogens (tertiary/aromatic N) is 7. The van der Waals surface area contributed by atoms with Crippen molar-refractivity contribution in [2.45, 2.75) is 149 Å². The molecule has 15 nitrogen and oxygen atoms in total. The minimum absolute atomic E-state index is 0.0307. The maximum absolute atomic E-state index is 14.9. The molecule has 3 aliphatic rings. The van der Waals surface area contributed by atoms with E-state index in [4.69, 9.17) is 29.0 Å². The van der Waals surface area contributed by atoms with Gasteiger partial charge in [0.1, 0.15) is 29.7 Å². The van der Waals surface area contributed by atoms with Crippen molar-refractivity contribution < 1.29 is 42.8 Å². The Balaban J connectivity index is 1.32. The topological polar surface area (TPSA) is 154 Å². The molecule has 2 aromatic carbocycles. The number of amides is 3. The number of phenolic OH excluding ortho intramolecular Hbond substituents is 1. The molecule has 2 fully saturated rings. The number of piperazine rings is 1. The van der Waals surface area contributed by atoms with E-state index in [1.54, 1.807) is 30.6 Å². The summed E-state index contributed by atoms with van der Waals surface area (Å²) in [7, 11) is -0.928. The highest BCUT2D eigenvalue weighted by Crippen LogP contribution is 2.39. The molecule has 0 saturated carbocycles. The predicted octanol–water partition coefficient (Wildman–Crippen LogP) is 8.26. The Hall–Kier alpha value is -5.00. The Bertz CT molecular complexity index is 2360. The lowest BCUT2D eigenvalue weighted by Gasteiger charge is -2.43. The van der Waals surface area contributed by atoms with Gasteiger partial charge in [0.2, 0.25) is 5.91 Å². The number of hydrogen-bond donors (Lipinski definition) is 1. The molecule has 0 radical (unpaired) electrons. The van der Waals surface area contributed by atoms with Crippen molar-refractivity contribution in [2.75, 3.05) is 32.8 Å². The molecular formula is C47H66FN7O8Si. The van der Waals surface area contributed by atoms with Crippen molar-refractivity contribution in [2.24, 2.45) is 0 Å². The van der Waals surface area contributed by atoms with Gasteiger partial charge < -0.3 is 38.4 Å². The predicted molar refractivity (Wildman–Crippen MR) is 244 cm³/mol. The first-order valence-electron chi connectivity index (χ1n) is 22.8. The van der Waals surface area contributed by atoms with Crippen LogP contribution >= 0.6 is 0 Å². The third-order valence-corrected chi connectivity index (χ3v) is 13.4. The number of rotatable bonds is 10. The summed E-state index contributed by atoms with van der Waals surface area (Å²) in [6, 6.07) is 8.44. The first kappa shape index (κ1) is 47.0. The Kier molecular flexibility index (Phi) is 13.8. The molecule has 3 atom stereocenters. The van der Waals surface area contributed by atoms with Crippen molar-refractivity contribution in [1.82, 2.24) is 34.0 Å². The van der Waals surface area contributed by atoms with Crippen LogP contribution in [0.15, 0.2) is 30.3 Å². The highest BCUT2D eigenvalue weighted by Gasteiger charge is 2.44. The van der Waals surface area contributed by atoms with Gasteiger partial charge in [-0.05, 0) is 121 Å². The highest BCUT2D eigenvalue weighted by atomic mass is 28.3. The fraction of sp³-hybridized carbons (Fsp3) is 0.596. The summed E-state index contributed by atoms with van der Waals surface area (Å²) in [5.74, 6) is -0.807. The normalized spacial score (nSPS) is 19.6. The lowest BCUT2D eigenvalue weighted by Crippen LogP contribution is -2.61. The number of fused-ring (bicyclic) bond motifs is 2. The van der Waals surface area contributed by atoms with E-state index in [-0.39, 0.29) is 63.3 Å². The Labute approximate surface area is 377 Å². The fourth-order valence-corrected chi connectivity index (χ4v) is 9.35. The van der Waals surface area contributed by atoms with Gasteiger partial charge in [-0.3, -0.25) is 9.69 Å². The van der Waals surface area contributed by atoms with E-state index in [9.17, 15) is 23.9 Å². The number of aryl methyl sites for hydroxylation is 1. The minimum Gasteiger partial charge on any atom is -0.505 e. The van der Waals surface area contributed by atoms with Gasteiger partial charge in [0.25, 0.3) is 0 Å². The molecule has 1 N–H and O–H groups in total. The second-order valence-electron chi connectivity index (χ2n) is 19.8. The second-order valence-corrected chi connectivity index (χ2v) is 23.1. The van der Waals surface area contributed by atoms with Crippen molar-refractivity contribution >= 4 is 37.8 Å². The van der Waals surface area contributed by atoms with Crippen LogP contribution in [0.2, 0.25) is 19.1 Å². The number of aromatic nitrogens is 4. The molecule has 4 aromatic rings. The lowest BCUT2D eigenvalue weighted by atomic mass is 9.96. The number of halogens is 1. The summed E-state index contributed by atoms with van der Waals surface area (Å²) in [5, 5.41) is 16.3. The average molecular weight is 904 g/mol. The number of phenols is 1. The van der Waals surface area contributed by atoms with Crippen molar-refractivity contribution in [3.8, 4) is 28.4 Å². The Morgan fingerprint density at radius 3 is 2.38 bits per heavy atom. The summed E-state index contributed by atoms with van der Waals surface area (Å²) < 4.78 is 43.1. The van der Waals surface area contributed by atoms with Crippen LogP contribution in [-0.2, 0) is 49.9 Å². The fourth-order valence-electron chi connectivity index (χ4n) is 8.71. The zero-order valence-corrected chi connectivity index (χ0v) is 40.4. The summed E-state index contributed by atoms with van der Waals surface area (Å²) in [6.07, 6.45) is 1.96. The molecule has 64 heavy (non-hydrogen) atoms. The minimum atomic E-state index is -0.937. The maximum atomic E-state index is 14.9. The van der Waals surface area contributed by atoms with E-state index < -0.39 is 44.0 Å². The first-order valence-corrected chi connectivity index (χ1v) is 26.0. The zero-order valence-electron chi connectivity index (χ0n) is 39.2. The Morgan fingerprint density at radius 2 is 1.72 bits per heavy atom. The van der Waals surface area contributed by atoms with Gasteiger partial charge in [-0.1, -0.05) is 26.1 Å². The monoisotopic (exact) mass is 903 g/mol. The number of carbonyl (C=O) groups excluding carboxylic acids is 3. The summed E-state index contributed by atoms with van der Waals surface area (Å²) >= 11 is 0. The van der Waals surface area contributed by atoms with Crippen LogP contribution in [0, 0.1) is 5.82 Å². The quantitative estimate of drug-likeness (QED) is 0.122. The van der Waals surface area contributed by atoms with E-state index in [0.29, 0.717) is 42.4 Å². The number of carbonyl (C=O) groups is 3. The molecule has 7 rings (SSSR count). The molecule has 0 aliphatic carbocycles. The molecule has 0 spiro atoms. The number of hydrogen-bond acceptors (Lipinski definition) is 10. The SMILES string of the molecule is CCc1cc(O)c(F)cc1-c1ccc2c(-c3nc4c(n3COCC[SiH](C)C)CN(C(=O)OC(C)(C)C)[C@H](C(=O)N3CCN(C(=O)OC(C)(C)C)C[C@@H]3C)C4)nn(C3CCCCO3)c2c1. The number of aromatic hydroxyl groups is 1. The summed E-state index contributed by atoms with van der Waals surface area (Å²) in [5.41, 5.74) is 3.49. The van der Waals surface area contributed by atoms with E-state index in [0.717, 1.165) is 53.0 Å². The van der Waals surface area contributed by atoms with Crippen LogP contribution in [0.3, 0.4) is 0 Å². The Morgan fingerprint density at radius 1 is 0.984 bits per heavy atom. The number of imidazole rings is 1. The molecule has 348 valence electrons. The molecule has 0 bridgehead atoms. The molecule has 2 aromatic heterocycles. The van der Waals surface area contributed by atoms with Crippen molar-refractivity contribution in [1.29, 1.82) is 0 Å². The smallest absolute Gasteiger partial charge is 0.411 e. The van der Waals surface area contributed by atoms with Gasteiger partial charge in [-0.2, -0.15) is 5.10 Å². The molecule has 3 amide bonds. The lowest BCUT2D eigenvalue weighted by molar-refractivity contribution is -0.142. The number of ether oxygens (including phenoxy) is 4. The van der Waals surface area contributed by atoms with Crippen LogP contribution in [0.1, 0.15) is 97.8 Å². The van der Waals surface area contributed by atoms with Gasteiger partial charge in [-0.15, -0.1) is 0 Å². The van der Waals surface area contributed by atoms with Crippen LogP contribution in [0.4, 0.5) is 14.0 Å². The highest BCUT2D eigenvalue weighted by molar-refractivity contribution is 6.55. The van der Waals surface area contributed by atoms with E-state index in [1.807, 2.05) is 62.1 Å². The summed E-state index contributed by atoms with van der Waals surface area (Å²) in [6.45, 7) is 21.4. The third-order valence-electron chi connectivity index (χ3n) is 12.0. The number of benzene rings is 2. The second kappa shape index (κ2) is 18.8. The maximum Gasteiger partial charge on any atom is 0.411 e. The molecule has 17 heteroatoms. The average Bonchev–Trinajstić information content (AvgIpc) is 3.78. The molecular weight excluding hydrogens is 838 g/mol. The molecule has 2 saturated heterocycles. The largest absolute Gasteiger partial charge is 0.505 e. The van der Waals surface area contributed by atoms with E-state index >= 15 is 0 Å². The van der Waals surface area contributed by atoms with Crippen LogP contribution < -0.4 is 0 Å². The van der Waals surface area contributed by atoms with Gasteiger partial charge >= 0.3 is 12.2 Å². The van der Waals surface area contributed by atoms with E-state index in [2.05, 4.69) is 13.1 Å². The van der Waals surface area contributed by atoms with Gasteiger partial charge in [0, 0.05) is 59.5 Å². The van der Waals surface area contributed by atoms with Crippen molar-refractivity contribution in [3.63, 3.8) is 0 Å². The first-order chi connectivity index (χ1) is 30.2. The van der Waals surface area contributed by atoms with E-state index in [1.165, 1.54) is 17.0 Å². The van der Waals surface area contributed by atoms with Gasteiger partial charge in [0.15, 0.2) is 23.6 Å². The third kappa shape index (κ3) is 10.3. The standard InChI is InChI=1S/C47H66FN7O8Si/c1-11-30-23-39(56)34(48)24-33(30)31-15-16-32-36(22-31)55(40-14-12-13-19-61-40)50-41(32)42-49-35-25-37(43(57)52-18-17-51(26-29(52)2)44(58)62-46(3,4)5)53(45(59)63-47(6,7)8)27-38(35)54(42)28-60-20-21-64(9)10/h15-16,22-24,29,37,40,56,64H,11-14,17-21,25-28H2,1-10H3/t29-,37-,40?/m0/s1. The molecule has 5 heterocycles. The van der Waals surface area contributed by atoms with Crippen LogP contribution in [0.25, 0.3) is 33.5 Å². The molecule has 1 unspecified atom stereocenters. The van der Waals surface area contributed by atoms with Gasteiger partial charge in [-0.25, -0.2) is 23.6 Å². The van der Waals surface area contributed by atoms with Crippen molar-refractivity contribution in [3.05, 3.63) is 53.1 Å². The van der Waals surface area contributed by atoms with Crippen LogP contribution in [0.5, 0.6) is 5.75 Å². The molecule has 3 aliphatic heterocycles. The van der Waals surface area contributed by atoms with Crippen LogP contribution in [-0.4, -0.2) is 122 Å². The van der Waals surface area contributed by atoms with Gasteiger partial charge in [0.05, 0.1) is 23.4 Å². The summed E-state index contributed by atoms with van der Waals surface area (Å²) in [4.78, 5) is 52.2. The zero-order chi connectivity index (χ0) is 46.2.